The third kappa shape index (κ3) is 3.52. The first-order chi connectivity index (χ1) is 9.12. The second-order valence-corrected chi connectivity index (χ2v) is 4.78. The number of carboxylic acid groups (broad SMARTS) is 1. The van der Waals surface area contributed by atoms with E-state index in [0.717, 1.165) is 5.56 Å². The molecule has 2 N–H and O–H groups in total. The van der Waals surface area contributed by atoms with Gasteiger partial charge in [-0.1, -0.05) is 30.3 Å². The molecule has 1 aliphatic heterocycles. The normalized spacial score (nSPS) is 19.8. The van der Waals surface area contributed by atoms with E-state index in [-0.39, 0.29) is 26.1 Å². The Morgan fingerprint density at radius 2 is 2.00 bits per heavy atom. The van der Waals surface area contributed by atoms with Crippen LogP contribution in [0.3, 0.4) is 0 Å². The highest BCUT2D eigenvalue weighted by molar-refractivity contribution is 5.75. The fourth-order valence-electron chi connectivity index (χ4n) is 2.31. The van der Waals surface area contributed by atoms with Crippen LogP contribution in [0.15, 0.2) is 30.3 Å². The number of nitrogens with one attached hydrogen (secondary N) is 1. The van der Waals surface area contributed by atoms with Gasteiger partial charge in [0.05, 0.1) is 0 Å². The van der Waals surface area contributed by atoms with E-state index in [9.17, 15) is 14.3 Å². The fraction of sp³-hybridized carbons (Fsp3) is 0.500. The van der Waals surface area contributed by atoms with E-state index in [1.165, 1.54) is 0 Å². The van der Waals surface area contributed by atoms with Gasteiger partial charge in [0.15, 0.2) is 0 Å². The van der Waals surface area contributed by atoms with Gasteiger partial charge in [-0.15, -0.1) is 0 Å². The molecular formula is C14H18FNO3. The molecule has 1 aliphatic rings. The molecule has 0 aromatic heterocycles. The number of hydrogen-bond donors (Lipinski definition) is 2. The van der Waals surface area contributed by atoms with Crippen LogP contribution in [-0.4, -0.2) is 36.0 Å². The highest BCUT2D eigenvalue weighted by Crippen LogP contribution is 2.29. The van der Waals surface area contributed by atoms with E-state index in [0.29, 0.717) is 6.54 Å². The predicted octanol–water partition coefficient (Wildman–Crippen LogP) is 1.75. The maximum atomic E-state index is 14.7. The van der Waals surface area contributed by atoms with Crippen molar-refractivity contribution >= 4 is 5.97 Å². The summed E-state index contributed by atoms with van der Waals surface area (Å²) in [5.41, 5.74) is -0.803. The summed E-state index contributed by atoms with van der Waals surface area (Å²) in [6, 6.07) is 8.17. The van der Waals surface area contributed by atoms with Crippen LogP contribution in [0.1, 0.15) is 18.4 Å². The van der Waals surface area contributed by atoms with Crippen LogP contribution >= 0.6 is 0 Å². The predicted molar refractivity (Wildman–Crippen MR) is 68.6 cm³/mol. The summed E-state index contributed by atoms with van der Waals surface area (Å²) in [6.07, 6.45) is 0.234. The molecule has 0 radical (unpaired) electrons. The van der Waals surface area contributed by atoms with Gasteiger partial charge in [-0.2, -0.15) is 0 Å². The van der Waals surface area contributed by atoms with Gasteiger partial charge in [-0.25, -0.2) is 4.39 Å². The van der Waals surface area contributed by atoms with Crippen molar-refractivity contribution in [1.82, 2.24) is 5.32 Å². The van der Waals surface area contributed by atoms with Crippen molar-refractivity contribution < 1.29 is 19.0 Å². The summed E-state index contributed by atoms with van der Waals surface area (Å²) < 4.78 is 19.8. The van der Waals surface area contributed by atoms with Crippen molar-refractivity contribution in [3.05, 3.63) is 35.9 Å². The minimum absolute atomic E-state index is 0.117. The van der Waals surface area contributed by atoms with Crippen LogP contribution < -0.4 is 5.32 Å². The summed E-state index contributed by atoms with van der Waals surface area (Å²) >= 11 is 0. The Labute approximate surface area is 111 Å². The van der Waals surface area contributed by atoms with Crippen LogP contribution in [0.25, 0.3) is 0 Å². The second kappa shape index (κ2) is 6.12. The first kappa shape index (κ1) is 14.0. The molecule has 2 rings (SSSR count). The summed E-state index contributed by atoms with van der Waals surface area (Å²) in [7, 11) is 0. The van der Waals surface area contributed by atoms with Gasteiger partial charge in [0.2, 0.25) is 0 Å². The second-order valence-electron chi connectivity index (χ2n) is 4.78. The van der Waals surface area contributed by atoms with Gasteiger partial charge >= 0.3 is 5.97 Å². The maximum absolute atomic E-state index is 14.7. The van der Waals surface area contributed by atoms with Crippen LogP contribution in [-0.2, 0) is 16.1 Å². The fourth-order valence-corrected chi connectivity index (χ4v) is 2.31. The molecule has 0 bridgehead atoms. The zero-order chi connectivity index (χ0) is 13.7. The quantitative estimate of drug-likeness (QED) is 0.853. The average Bonchev–Trinajstić information content (AvgIpc) is 2.40. The topological polar surface area (TPSA) is 58.6 Å². The van der Waals surface area contributed by atoms with E-state index < -0.39 is 17.7 Å². The first-order valence-electron chi connectivity index (χ1n) is 6.38. The molecule has 1 aromatic rings. The lowest BCUT2D eigenvalue weighted by molar-refractivity contribution is -0.147. The van der Waals surface area contributed by atoms with Crippen molar-refractivity contribution in [1.29, 1.82) is 0 Å². The van der Waals surface area contributed by atoms with Crippen LogP contribution in [0.4, 0.5) is 4.39 Å². The van der Waals surface area contributed by atoms with Gasteiger partial charge in [0.1, 0.15) is 11.7 Å². The molecule has 0 spiro atoms. The van der Waals surface area contributed by atoms with Gasteiger partial charge in [0.25, 0.3) is 0 Å². The average molecular weight is 267 g/mol. The smallest absolute Gasteiger partial charge is 0.324 e. The highest BCUT2D eigenvalue weighted by atomic mass is 19.1. The third-order valence-electron chi connectivity index (χ3n) is 3.44. The largest absolute Gasteiger partial charge is 0.480 e. The molecule has 104 valence electrons. The summed E-state index contributed by atoms with van der Waals surface area (Å²) in [5.74, 6) is -1.15. The zero-order valence-electron chi connectivity index (χ0n) is 10.6. The number of carboxylic acids is 1. The van der Waals surface area contributed by atoms with E-state index in [4.69, 9.17) is 4.74 Å². The molecule has 0 aliphatic carbocycles. The van der Waals surface area contributed by atoms with Crippen LogP contribution in [0.5, 0.6) is 0 Å². The van der Waals surface area contributed by atoms with Crippen molar-refractivity contribution in [3.8, 4) is 0 Å². The van der Waals surface area contributed by atoms with E-state index >= 15 is 0 Å². The number of hydrogen-bond acceptors (Lipinski definition) is 3. The summed E-state index contributed by atoms with van der Waals surface area (Å²) in [5, 5.41) is 12.0. The molecule has 19 heavy (non-hydrogen) atoms. The number of carbonyl (C=O) groups is 1. The standard InChI is InChI=1S/C14H18FNO3/c15-14(6-8-19-9-7-14)12(13(17)18)16-10-11-4-2-1-3-5-11/h1-5,12,16H,6-10H2,(H,17,18). The Balaban J connectivity index is 2.02. The Morgan fingerprint density at radius 1 is 1.37 bits per heavy atom. The molecule has 1 heterocycles. The minimum atomic E-state index is -1.74. The Hall–Kier alpha value is -1.46. The lowest BCUT2D eigenvalue weighted by Gasteiger charge is -2.34. The molecule has 5 heteroatoms. The highest BCUT2D eigenvalue weighted by Gasteiger charge is 2.44. The Bertz CT molecular complexity index is 418. The van der Waals surface area contributed by atoms with Crippen molar-refractivity contribution in [2.24, 2.45) is 0 Å². The molecule has 1 atom stereocenters. The number of alkyl halides is 1. The van der Waals surface area contributed by atoms with Gasteiger partial charge < -0.3 is 9.84 Å². The number of benzene rings is 1. The van der Waals surface area contributed by atoms with Crippen molar-refractivity contribution in [3.63, 3.8) is 0 Å². The van der Waals surface area contributed by atoms with Crippen molar-refractivity contribution in [2.45, 2.75) is 31.1 Å². The molecule has 1 unspecified atom stereocenters. The summed E-state index contributed by atoms with van der Waals surface area (Å²) in [6.45, 7) is 0.880. The van der Waals surface area contributed by atoms with Crippen molar-refractivity contribution in [2.75, 3.05) is 13.2 Å². The Morgan fingerprint density at radius 3 is 2.58 bits per heavy atom. The zero-order valence-corrected chi connectivity index (χ0v) is 10.6. The SMILES string of the molecule is O=C(O)C(NCc1ccccc1)C1(F)CCOCC1. The number of rotatable bonds is 5. The molecule has 1 fully saturated rings. The van der Waals surface area contributed by atoms with Gasteiger partial charge in [-0.3, -0.25) is 10.1 Å². The third-order valence-corrected chi connectivity index (χ3v) is 3.44. The number of ether oxygens (including phenoxy) is 1. The van der Waals surface area contributed by atoms with E-state index in [1.807, 2.05) is 30.3 Å². The number of aliphatic carboxylic acids is 1. The van der Waals surface area contributed by atoms with E-state index in [2.05, 4.69) is 5.32 Å². The Kier molecular flexibility index (Phi) is 4.50. The van der Waals surface area contributed by atoms with Gasteiger partial charge in [-0.05, 0) is 5.56 Å². The molecule has 0 amide bonds. The lowest BCUT2D eigenvalue weighted by Crippen LogP contribution is -2.54. The maximum Gasteiger partial charge on any atom is 0.324 e. The molecular weight excluding hydrogens is 249 g/mol. The summed E-state index contributed by atoms with van der Waals surface area (Å²) in [4.78, 5) is 11.3. The lowest BCUT2D eigenvalue weighted by atomic mass is 9.88. The van der Waals surface area contributed by atoms with E-state index in [1.54, 1.807) is 0 Å². The van der Waals surface area contributed by atoms with Crippen LogP contribution in [0.2, 0.25) is 0 Å². The molecule has 1 saturated heterocycles. The minimum Gasteiger partial charge on any atom is -0.480 e. The number of halogens is 1. The molecule has 4 nitrogen and oxygen atoms in total. The van der Waals surface area contributed by atoms with Crippen LogP contribution in [0, 0.1) is 0 Å². The monoisotopic (exact) mass is 267 g/mol. The first-order valence-corrected chi connectivity index (χ1v) is 6.38. The molecule has 1 aromatic carbocycles. The van der Waals surface area contributed by atoms with Gasteiger partial charge in [0, 0.05) is 32.6 Å². The molecule has 0 saturated carbocycles.